The summed E-state index contributed by atoms with van der Waals surface area (Å²) in [5.41, 5.74) is 1.95. The Bertz CT molecular complexity index is 1130. The number of benzene rings is 1. The zero-order valence-corrected chi connectivity index (χ0v) is 20.1. The number of alkyl halides is 1. The number of carbonyl (C=O) groups is 1. The zero-order valence-electron chi connectivity index (χ0n) is 19.3. The second-order valence-electron chi connectivity index (χ2n) is 9.44. The maximum atomic E-state index is 13.3. The van der Waals surface area contributed by atoms with Crippen LogP contribution in [0.1, 0.15) is 49.7 Å². The van der Waals surface area contributed by atoms with E-state index in [9.17, 15) is 9.18 Å². The number of nitrogens with zero attached hydrogens (tertiary/aromatic N) is 3. The molecule has 3 aromatic rings. The van der Waals surface area contributed by atoms with Crippen molar-refractivity contribution in [2.45, 2.75) is 76.5 Å². The van der Waals surface area contributed by atoms with Crippen molar-refractivity contribution in [3.05, 3.63) is 47.4 Å². The number of pyridine rings is 1. The minimum atomic E-state index is -0.330. The maximum absolute atomic E-state index is 13.3. The van der Waals surface area contributed by atoms with Crippen molar-refractivity contribution in [3.63, 3.8) is 0 Å². The first-order valence-corrected chi connectivity index (χ1v) is 12.8. The van der Waals surface area contributed by atoms with Crippen LogP contribution in [-0.4, -0.2) is 51.6 Å². The van der Waals surface area contributed by atoms with Gasteiger partial charge in [-0.15, -0.1) is 11.3 Å². The lowest BCUT2D eigenvalue weighted by Gasteiger charge is -2.40. The van der Waals surface area contributed by atoms with E-state index in [4.69, 9.17) is 0 Å². The molecular weight excluding hydrogens is 435 g/mol. The number of fused-ring (bicyclic) bond motifs is 3. The van der Waals surface area contributed by atoms with Gasteiger partial charge in [0.2, 0.25) is 5.91 Å². The first-order chi connectivity index (χ1) is 16.0. The number of carbonyl (C=O) groups excluding carboxylic acids is 1. The highest BCUT2D eigenvalue weighted by molar-refractivity contribution is 7.15. The first kappa shape index (κ1) is 22.4. The van der Waals surface area contributed by atoms with Gasteiger partial charge in [-0.1, -0.05) is 19.1 Å². The van der Waals surface area contributed by atoms with E-state index in [0.29, 0.717) is 12.5 Å². The number of rotatable bonds is 7. The fraction of sp³-hybridized carbons (Fsp3) is 0.500. The summed E-state index contributed by atoms with van der Waals surface area (Å²) in [6.07, 6.45) is 8.83. The number of aromatic nitrogens is 2. The van der Waals surface area contributed by atoms with Gasteiger partial charge in [-0.05, 0) is 62.1 Å². The van der Waals surface area contributed by atoms with Crippen molar-refractivity contribution in [2.24, 2.45) is 0 Å². The molecule has 0 spiro atoms. The quantitative estimate of drug-likeness (QED) is 0.528. The van der Waals surface area contributed by atoms with Crippen molar-refractivity contribution in [2.75, 3.05) is 6.67 Å². The van der Waals surface area contributed by atoms with E-state index < -0.39 is 0 Å². The van der Waals surface area contributed by atoms with Crippen LogP contribution < -0.4 is 5.32 Å². The van der Waals surface area contributed by atoms with E-state index in [1.54, 1.807) is 11.3 Å². The lowest BCUT2D eigenvalue weighted by atomic mass is 9.95. The van der Waals surface area contributed by atoms with Gasteiger partial charge in [0.05, 0.1) is 22.0 Å². The standard InChI is InChI=1S/C26H31FN4OS/c1-3-20(13-27)30-22-10-23-6-7-24(11-22)31(23)26(32)12-21-9-19-8-17(4-5-18(19)14-29-21)25-15-28-16(2)33-25/h4-5,8-9,14-15,20,22-24,30H,3,6-7,10-13H2,1-2H3/t20?,22?,23-,24+. The topological polar surface area (TPSA) is 58.1 Å². The number of nitrogens with one attached hydrogen (secondary N) is 1. The molecular formula is C26H31FN4OS. The molecule has 2 unspecified atom stereocenters. The van der Waals surface area contributed by atoms with Crippen molar-refractivity contribution in [1.29, 1.82) is 0 Å². The second-order valence-corrected chi connectivity index (χ2v) is 10.7. The Kier molecular flexibility index (Phi) is 6.43. The van der Waals surface area contributed by atoms with Crippen molar-refractivity contribution in [1.82, 2.24) is 20.2 Å². The lowest BCUT2D eigenvalue weighted by molar-refractivity contribution is -0.135. The molecule has 2 saturated heterocycles. The fourth-order valence-corrected chi connectivity index (χ4v) is 6.28. The Hall–Kier alpha value is -2.38. The minimum absolute atomic E-state index is 0.0720. The molecule has 0 radical (unpaired) electrons. The van der Waals surface area contributed by atoms with E-state index in [-0.39, 0.29) is 30.7 Å². The summed E-state index contributed by atoms with van der Waals surface area (Å²) in [5, 5.41) is 6.69. The third-order valence-corrected chi connectivity index (χ3v) is 8.15. The third kappa shape index (κ3) is 4.66. The number of hydrogen-bond acceptors (Lipinski definition) is 5. The molecule has 2 aliphatic heterocycles. The largest absolute Gasteiger partial charge is 0.336 e. The highest BCUT2D eigenvalue weighted by Crippen LogP contribution is 2.36. The highest BCUT2D eigenvalue weighted by atomic mass is 32.1. The van der Waals surface area contributed by atoms with Crippen LogP contribution in [0.4, 0.5) is 4.39 Å². The van der Waals surface area contributed by atoms with E-state index >= 15 is 0 Å². The maximum Gasteiger partial charge on any atom is 0.229 e. The zero-order chi connectivity index (χ0) is 22.9. The molecule has 174 valence electrons. The van der Waals surface area contributed by atoms with Gasteiger partial charge in [0.15, 0.2) is 0 Å². The van der Waals surface area contributed by atoms with Gasteiger partial charge in [0, 0.05) is 41.9 Å². The molecule has 4 heterocycles. The summed E-state index contributed by atoms with van der Waals surface area (Å²) in [6, 6.07) is 9.14. The average Bonchev–Trinajstić information content (AvgIpc) is 3.37. The summed E-state index contributed by atoms with van der Waals surface area (Å²) < 4.78 is 13.2. The summed E-state index contributed by atoms with van der Waals surface area (Å²) >= 11 is 1.68. The summed E-state index contributed by atoms with van der Waals surface area (Å²) in [7, 11) is 0. The molecule has 1 N–H and O–H groups in total. The van der Waals surface area contributed by atoms with E-state index in [1.807, 2.05) is 32.3 Å². The predicted octanol–water partition coefficient (Wildman–Crippen LogP) is 5.07. The van der Waals surface area contributed by atoms with Crippen molar-refractivity contribution < 1.29 is 9.18 Å². The third-order valence-electron chi connectivity index (χ3n) is 7.19. The van der Waals surface area contributed by atoms with Crippen LogP contribution in [-0.2, 0) is 11.2 Å². The van der Waals surface area contributed by atoms with Crippen LogP contribution in [0.2, 0.25) is 0 Å². The second kappa shape index (κ2) is 9.47. The van der Waals surface area contributed by atoms with Gasteiger partial charge in [-0.25, -0.2) is 9.37 Å². The Morgan fingerprint density at radius 1 is 1.18 bits per heavy atom. The number of aryl methyl sites for hydroxylation is 1. The SMILES string of the molecule is CCC(CF)NC1C[C@H]2CC[C@@H](C1)N2C(=O)Cc1cc2cc(-c3cnc(C)s3)ccc2cn1. The molecule has 7 heteroatoms. The molecule has 2 bridgehead atoms. The van der Waals surface area contributed by atoms with Crippen LogP contribution in [0.15, 0.2) is 36.7 Å². The lowest BCUT2D eigenvalue weighted by Crippen LogP contribution is -2.53. The average molecular weight is 467 g/mol. The van der Waals surface area contributed by atoms with Gasteiger partial charge < -0.3 is 10.2 Å². The number of amides is 1. The molecule has 5 nitrogen and oxygen atoms in total. The van der Waals surface area contributed by atoms with Crippen molar-refractivity contribution in [3.8, 4) is 10.4 Å². The molecule has 2 aliphatic rings. The first-order valence-electron chi connectivity index (χ1n) is 12.0. The molecule has 2 fully saturated rings. The molecule has 4 atom stereocenters. The Balaban J connectivity index is 1.29. The summed E-state index contributed by atoms with van der Waals surface area (Å²) in [6.45, 7) is 3.70. The number of thiazole rings is 1. The number of piperidine rings is 1. The Labute approximate surface area is 198 Å². The van der Waals surface area contributed by atoms with E-state index in [2.05, 4.69) is 38.4 Å². The van der Waals surface area contributed by atoms with Gasteiger partial charge in [0.1, 0.15) is 6.67 Å². The van der Waals surface area contributed by atoms with Crippen LogP contribution in [0.5, 0.6) is 0 Å². The molecule has 2 aromatic heterocycles. The normalized spacial score (nSPS) is 23.2. The van der Waals surface area contributed by atoms with Gasteiger partial charge >= 0.3 is 0 Å². The van der Waals surface area contributed by atoms with Crippen LogP contribution in [0.3, 0.4) is 0 Å². The van der Waals surface area contributed by atoms with Gasteiger partial charge in [-0.3, -0.25) is 9.78 Å². The minimum Gasteiger partial charge on any atom is -0.336 e. The van der Waals surface area contributed by atoms with Crippen LogP contribution in [0.25, 0.3) is 21.2 Å². The van der Waals surface area contributed by atoms with Gasteiger partial charge in [0.25, 0.3) is 0 Å². The van der Waals surface area contributed by atoms with Crippen molar-refractivity contribution >= 4 is 28.0 Å². The summed E-state index contributed by atoms with van der Waals surface area (Å²) in [5.74, 6) is 0.166. The Morgan fingerprint density at radius 3 is 2.64 bits per heavy atom. The monoisotopic (exact) mass is 466 g/mol. The summed E-state index contributed by atoms with van der Waals surface area (Å²) in [4.78, 5) is 25.5. The number of hydrogen-bond donors (Lipinski definition) is 1. The number of halogens is 1. The Morgan fingerprint density at radius 2 is 1.97 bits per heavy atom. The van der Waals surface area contributed by atoms with E-state index in [1.165, 1.54) is 0 Å². The molecule has 1 amide bonds. The van der Waals surface area contributed by atoms with Crippen LogP contribution in [0, 0.1) is 6.92 Å². The molecule has 5 rings (SSSR count). The smallest absolute Gasteiger partial charge is 0.229 e. The van der Waals surface area contributed by atoms with Gasteiger partial charge in [-0.2, -0.15) is 0 Å². The fourth-order valence-electron chi connectivity index (χ4n) is 5.50. The molecule has 1 aromatic carbocycles. The molecule has 0 saturated carbocycles. The molecule has 0 aliphatic carbocycles. The van der Waals surface area contributed by atoms with Crippen LogP contribution >= 0.6 is 11.3 Å². The van der Waals surface area contributed by atoms with E-state index in [0.717, 1.165) is 64.0 Å². The highest BCUT2D eigenvalue weighted by Gasteiger charge is 2.43. The molecule has 33 heavy (non-hydrogen) atoms. The predicted molar refractivity (Wildman–Crippen MR) is 131 cm³/mol.